The number of carbonyl (C=O) groups excluding carboxylic acids is 2. The van der Waals surface area contributed by atoms with Gasteiger partial charge < -0.3 is 23.7 Å². The molecule has 184 valence electrons. The van der Waals surface area contributed by atoms with E-state index in [-0.39, 0.29) is 18.6 Å². The van der Waals surface area contributed by atoms with Crippen molar-refractivity contribution in [2.24, 2.45) is 0 Å². The SMILES string of the molecule is CCOC(=O)C[C@@H](c1cc(B2OC(C)(C)C(C)(C)O2)cc(C)c1F)N(C)C(=O)OC(C)(C)C. The van der Waals surface area contributed by atoms with Gasteiger partial charge in [-0.05, 0) is 73.3 Å². The fraction of sp³-hybridized carbons (Fsp3) is 0.667. The lowest BCUT2D eigenvalue weighted by Crippen LogP contribution is -2.41. The topological polar surface area (TPSA) is 74.3 Å². The van der Waals surface area contributed by atoms with Crippen LogP contribution in [-0.2, 0) is 23.6 Å². The Morgan fingerprint density at radius 1 is 1.15 bits per heavy atom. The lowest BCUT2D eigenvalue weighted by molar-refractivity contribution is -0.144. The maximum atomic E-state index is 15.4. The van der Waals surface area contributed by atoms with Crippen molar-refractivity contribution in [3.63, 3.8) is 0 Å². The Labute approximate surface area is 197 Å². The lowest BCUT2D eigenvalue weighted by Gasteiger charge is -2.32. The number of aryl methyl sites for hydroxylation is 1. The van der Waals surface area contributed by atoms with E-state index in [2.05, 4.69) is 0 Å². The summed E-state index contributed by atoms with van der Waals surface area (Å²) in [5.74, 6) is -1.06. The number of amides is 1. The molecule has 1 aliphatic heterocycles. The summed E-state index contributed by atoms with van der Waals surface area (Å²) in [6, 6.07) is 2.31. The molecule has 0 bridgehead atoms. The van der Waals surface area contributed by atoms with Crippen LogP contribution in [0.4, 0.5) is 9.18 Å². The largest absolute Gasteiger partial charge is 0.494 e. The maximum Gasteiger partial charge on any atom is 0.494 e. The number of halogens is 1. The van der Waals surface area contributed by atoms with Crippen LogP contribution < -0.4 is 5.46 Å². The van der Waals surface area contributed by atoms with Gasteiger partial charge >= 0.3 is 19.2 Å². The van der Waals surface area contributed by atoms with Crippen molar-refractivity contribution in [2.75, 3.05) is 13.7 Å². The highest BCUT2D eigenvalue weighted by Gasteiger charge is 2.52. The van der Waals surface area contributed by atoms with Crippen LogP contribution in [0, 0.1) is 12.7 Å². The lowest BCUT2D eigenvalue weighted by atomic mass is 9.76. The first kappa shape index (κ1) is 27.1. The smallest absolute Gasteiger partial charge is 0.466 e. The van der Waals surface area contributed by atoms with Crippen LogP contribution in [-0.4, -0.2) is 54.5 Å². The van der Waals surface area contributed by atoms with Gasteiger partial charge in [-0.15, -0.1) is 0 Å². The zero-order chi connectivity index (χ0) is 25.4. The van der Waals surface area contributed by atoms with Crippen molar-refractivity contribution in [1.82, 2.24) is 4.90 Å². The molecule has 1 aromatic carbocycles. The molecule has 0 aliphatic carbocycles. The molecule has 33 heavy (non-hydrogen) atoms. The average Bonchev–Trinajstić information content (AvgIpc) is 2.87. The van der Waals surface area contributed by atoms with Crippen molar-refractivity contribution < 1.29 is 32.8 Å². The van der Waals surface area contributed by atoms with E-state index in [0.29, 0.717) is 11.0 Å². The standard InChI is InChI=1S/C24H37BFNO6/c1-11-30-19(28)14-18(27(10)21(29)31-22(3,4)5)17-13-16(12-15(2)20(17)26)25-32-23(6,7)24(8,9)33-25/h12-13,18H,11,14H2,1-10H3/t18-/m0/s1. The Hall–Kier alpha value is -2.13. The normalized spacial score (nSPS) is 18.1. The minimum Gasteiger partial charge on any atom is -0.466 e. The molecule has 0 radical (unpaired) electrons. The van der Waals surface area contributed by atoms with Crippen LogP contribution in [0.15, 0.2) is 12.1 Å². The maximum absolute atomic E-state index is 15.4. The Balaban J connectivity index is 2.51. The molecule has 0 N–H and O–H groups in total. The number of hydrogen-bond donors (Lipinski definition) is 0. The van der Waals surface area contributed by atoms with Gasteiger partial charge in [0.15, 0.2) is 0 Å². The molecule has 0 saturated carbocycles. The Morgan fingerprint density at radius 3 is 2.18 bits per heavy atom. The van der Waals surface area contributed by atoms with Crippen LogP contribution in [0.25, 0.3) is 0 Å². The third-order valence-electron chi connectivity index (χ3n) is 6.00. The summed E-state index contributed by atoms with van der Waals surface area (Å²) >= 11 is 0. The second-order valence-corrected chi connectivity index (χ2v) is 10.4. The molecular weight excluding hydrogens is 428 g/mol. The number of carbonyl (C=O) groups is 2. The van der Waals surface area contributed by atoms with Gasteiger partial charge in [-0.2, -0.15) is 0 Å². The summed E-state index contributed by atoms with van der Waals surface area (Å²) in [5, 5.41) is 0. The minimum atomic E-state index is -0.944. The molecule has 0 aromatic heterocycles. The van der Waals surface area contributed by atoms with Gasteiger partial charge in [-0.3, -0.25) is 4.79 Å². The summed E-state index contributed by atoms with van der Waals surface area (Å²) in [6.45, 7) is 16.4. The van der Waals surface area contributed by atoms with E-state index in [9.17, 15) is 9.59 Å². The van der Waals surface area contributed by atoms with Crippen LogP contribution in [0.1, 0.15) is 79.0 Å². The van der Waals surface area contributed by atoms with Gasteiger partial charge in [-0.25, -0.2) is 9.18 Å². The van der Waals surface area contributed by atoms with Crippen molar-refractivity contribution in [3.8, 4) is 0 Å². The Kier molecular flexibility index (Phi) is 7.91. The fourth-order valence-corrected chi connectivity index (χ4v) is 3.48. The number of benzene rings is 1. The number of hydrogen-bond acceptors (Lipinski definition) is 6. The number of esters is 1. The van der Waals surface area contributed by atoms with Crippen molar-refractivity contribution >= 4 is 24.6 Å². The van der Waals surface area contributed by atoms with Crippen molar-refractivity contribution in [1.29, 1.82) is 0 Å². The predicted molar refractivity (Wildman–Crippen MR) is 125 cm³/mol. The molecule has 1 fully saturated rings. The number of rotatable bonds is 6. The second-order valence-electron chi connectivity index (χ2n) is 10.4. The molecule has 0 spiro atoms. The highest BCUT2D eigenvalue weighted by Crippen LogP contribution is 2.37. The number of ether oxygens (including phenoxy) is 2. The molecule has 0 unspecified atom stereocenters. The van der Waals surface area contributed by atoms with E-state index in [1.165, 1.54) is 11.9 Å². The summed E-state index contributed by atoms with van der Waals surface area (Å²) in [6.07, 6.45) is -0.901. The molecule has 1 saturated heterocycles. The van der Waals surface area contributed by atoms with Gasteiger partial charge in [0.25, 0.3) is 0 Å². The van der Waals surface area contributed by atoms with Gasteiger partial charge in [0.1, 0.15) is 11.4 Å². The quantitative estimate of drug-likeness (QED) is 0.461. The molecule has 9 heteroatoms. The van der Waals surface area contributed by atoms with Crippen LogP contribution in [0.5, 0.6) is 0 Å². The van der Waals surface area contributed by atoms with E-state index in [0.717, 1.165) is 0 Å². The summed E-state index contributed by atoms with van der Waals surface area (Å²) in [5.41, 5.74) is -0.771. The Morgan fingerprint density at radius 2 is 1.70 bits per heavy atom. The zero-order valence-electron chi connectivity index (χ0n) is 21.5. The van der Waals surface area contributed by atoms with Crippen LogP contribution in [0.2, 0.25) is 0 Å². The molecule has 7 nitrogen and oxygen atoms in total. The highest BCUT2D eigenvalue weighted by atomic mass is 19.1. The van der Waals surface area contributed by atoms with E-state index in [1.54, 1.807) is 46.8 Å². The van der Waals surface area contributed by atoms with Gasteiger partial charge in [0, 0.05) is 12.6 Å². The molecule has 2 rings (SSSR count). The predicted octanol–water partition coefficient (Wildman–Crippen LogP) is 4.29. The molecule has 1 aromatic rings. The van der Waals surface area contributed by atoms with Crippen molar-refractivity contribution in [2.45, 2.75) is 91.6 Å². The van der Waals surface area contributed by atoms with Crippen LogP contribution >= 0.6 is 0 Å². The monoisotopic (exact) mass is 465 g/mol. The Bertz CT molecular complexity index is 880. The van der Waals surface area contributed by atoms with Gasteiger partial charge in [0.05, 0.1) is 30.3 Å². The average molecular weight is 465 g/mol. The molecule has 1 aliphatic rings. The van der Waals surface area contributed by atoms with Gasteiger partial charge in [0.2, 0.25) is 0 Å². The fourth-order valence-electron chi connectivity index (χ4n) is 3.48. The van der Waals surface area contributed by atoms with E-state index in [4.69, 9.17) is 18.8 Å². The zero-order valence-corrected chi connectivity index (χ0v) is 21.5. The first-order valence-corrected chi connectivity index (χ1v) is 11.3. The minimum absolute atomic E-state index is 0.168. The van der Waals surface area contributed by atoms with Crippen molar-refractivity contribution in [3.05, 3.63) is 29.1 Å². The second kappa shape index (κ2) is 9.62. The third kappa shape index (κ3) is 6.26. The third-order valence-corrected chi connectivity index (χ3v) is 6.00. The highest BCUT2D eigenvalue weighted by molar-refractivity contribution is 6.62. The van der Waals surface area contributed by atoms with E-state index >= 15 is 4.39 Å². The van der Waals surface area contributed by atoms with Gasteiger partial charge in [-0.1, -0.05) is 12.1 Å². The summed E-state index contributed by atoms with van der Waals surface area (Å²) in [4.78, 5) is 26.4. The molecular formula is C24H37BFNO6. The van der Waals surface area contributed by atoms with E-state index < -0.39 is 47.8 Å². The molecule has 1 atom stereocenters. The summed E-state index contributed by atoms with van der Waals surface area (Å²) < 4.78 is 38.2. The first-order valence-electron chi connectivity index (χ1n) is 11.3. The summed E-state index contributed by atoms with van der Waals surface area (Å²) in [7, 11) is 0.761. The molecule has 1 heterocycles. The molecule has 1 amide bonds. The first-order chi connectivity index (χ1) is 15.0. The van der Waals surface area contributed by atoms with E-state index in [1.807, 2.05) is 27.7 Å². The number of nitrogens with zero attached hydrogens (tertiary/aromatic N) is 1. The van der Waals surface area contributed by atoms with Crippen LogP contribution in [0.3, 0.4) is 0 Å².